The number of imidazole rings is 1. The van der Waals surface area contributed by atoms with Crippen LogP contribution < -0.4 is 10.2 Å². The summed E-state index contributed by atoms with van der Waals surface area (Å²) < 4.78 is 75.9. The topological polar surface area (TPSA) is 96.8 Å². The van der Waals surface area contributed by atoms with Crippen LogP contribution >= 0.6 is 0 Å². The van der Waals surface area contributed by atoms with Gasteiger partial charge in [0.25, 0.3) is 5.91 Å². The Labute approximate surface area is 289 Å². The first-order chi connectivity index (χ1) is 23.8. The Balaban J connectivity index is 1.28. The second-order valence-electron chi connectivity index (χ2n) is 13.5. The van der Waals surface area contributed by atoms with Gasteiger partial charge in [0.05, 0.1) is 28.8 Å². The fourth-order valence-electron chi connectivity index (χ4n) is 5.74. The van der Waals surface area contributed by atoms with Crippen LogP contribution in [-0.4, -0.2) is 43.6 Å². The molecule has 9 nitrogen and oxygen atoms in total. The number of hydrogen-bond acceptors (Lipinski definition) is 6. The van der Waals surface area contributed by atoms with Crippen LogP contribution in [0.4, 0.5) is 48.6 Å². The zero-order valence-electron chi connectivity index (χ0n) is 28.1. The van der Waals surface area contributed by atoms with E-state index in [0.29, 0.717) is 50.7 Å². The van der Waals surface area contributed by atoms with Crippen molar-refractivity contribution in [3.8, 4) is 11.4 Å². The number of rotatable bonds is 6. The Morgan fingerprint density at radius 3 is 2.25 bits per heavy atom. The Hall–Kier alpha value is -5.79. The summed E-state index contributed by atoms with van der Waals surface area (Å²) in [5.41, 5.74) is -1.47. The number of nitrogens with zero attached hydrogens (tertiary/aromatic N) is 4. The number of carbonyl (C=O) groups is 3. The van der Waals surface area contributed by atoms with Crippen molar-refractivity contribution < 1.29 is 41.1 Å². The van der Waals surface area contributed by atoms with Gasteiger partial charge in [0.2, 0.25) is 0 Å². The molecule has 14 heteroatoms. The standard InChI is InChI=1S/C37H32F5N5O4/c1-35(2,3)51-34(50)47-30-9-7-6-8-28(30)44-31(47)21-11-14-24(15-12-21)43-29-18-23(38)13-10-22(29)20-45-33(49)46(32(48)36(45,4)5)25-16-17-27(39)26(19-25)37(40,41)42/h6-19,43H,20H2,1-5H3. The van der Waals surface area contributed by atoms with Gasteiger partial charge in [-0.05, 0) is 107 Å². The molecule has 0 unspecified atom stereocenters. The first-order valence-corrected chi connectivity index (χ1v) is 15.7. The predicted molar refractivity (Wildman–Crippen MR) is 180 cm³/mol. The smallest absolute Gasteiger partial charge is 0.420 e. The highest BCUT2D eigenvalue weighted by atomic mass is 19.4. The van der Waals surface area contributed by atoms with Crippen LogP contribution in [0.1, 0.15) is 45.7 Å². The molecule has 1 aliphatic rings. The van der Waals surface area contributed by atoms with E-state index in [4.69, 9.17) is 4.74 Å². The number of hydrogen-bond donors (Lipinski definition) is 1. The van der Waals surface area contributed by atoms with E-state index in [-0.39, 0.29) is 12.2 Å². The minimum Gasteiger partial charge on any atom is -0.443 e. The summed E-state index contributed by atoms with van der Waals surface area (Å²) in [4.78, 5) is 46.7. The molecule has 1 saturated heterocycles. The molecule has 1 aromatic heterocycles. The molecule has 5 aromatic rings. The van der Waals surface area contributed by atoms with Crippen molar-refractivity contribution in [1.29, 1.82) is 0 Å². The largest absolute Gasteiger partial charge is 0.443 e. The zero-order valence-corrected chi connectivity index (χ0v) is 28.1. The summed E-state index contributed by atoms with van der Waals surface area (Å²) in [6.07, 6.45) is -5.66. The highest BCUT2D eigenvalue weighted by molar-refractivity contribution is 6.23. The summed E-state index contributed by atoms with van der Waals surface area (Å²) in [6.45, 7) is 7.92. The number of ether oxygens (including phenoxy) is 1. The van der Waals surface area contributed by atoms with Gasteiger partial charge >= 0.3 is 18.3 Å². The number of nitrogens with one attached hydrogen (secondary N) is 1. The summed E-state index contributed by atoms with van der Waals surface area (Å²) in [7, 11) is 0. The molecule has 4 aromatic carbocycles. The molecule has 0 radical (unpaired) electrons. The fourth-order valence-corrected chi connectivity index (χ4v) is 5.74. The van der Waals surface area contributed by atoms with Crippen LogP contribution in [0.15, 0.2) is 84.9 Å². The third kappa shape index (κ3) is 6.73. The molecular formula is C37H32F5N5O4. The summed E-state index contributed by atoms with van der Waals surface area (Å²) in [6, 6.07) is 18.7. The zero-order chi connectivity index (χ0) is 37.0. The lowest BCUT2D eigenvalue weighted by molar-refractivity contribution is -0.140. The van der Waals surface area contributed by atoms with E-state index in [9.17, 15) is 36.3 Å². The van der Waals surface area contributed by atoms with Crippen molar-refractivity contribution in [2.45, 2.75) is 58.5 Å². The SMILES string of the molecule is CC(C)(C)OC(=O)n1c(-c2ccc(Nc3cc(F)ccc3CN3C(=O)N(c4ccc(F)c(C(F)(F)F)c4)C(=O)C3(C)C)cc2)nc2ccccc21. The molecule has 2 heterocycles. The first kappa shape index (κ1) is 35.1. The second-order valence-corrected chi connectivity index (χ2v) is 13.5. The van der Waals surface area contributed by atoms with E-state index in [1.165, 1.54) is 36.6 Å². The molecule has 264 valence electrons. The minimum atomic E-state index is -5.05. The van der Waals surface area contributed by atoms with E-state index in [1.54, 1.807) is 69.3 Å². The maximum absolute atomic E-state index is 14.6. The average molecular weight is 706 g/mol. The number of amides is 3. The van der Waals surface area contributed by atoms with Gasteiger partial charge in [0, 0.05) is 16.9 Å². The van der Waals surface area contributed by atoms with Crippen molar-refractivity contribution in [1.82, 2.24) is 14.5 Å². The van der Waals surface area contributed by atoms with Gasteiger partial charge in [-0.1, -0.05) is 18.2 Å². The van der Waals surface area contributed by atoms with Crippen LogP contribution in [0.5, 0.6) is 0 Å². The van der Waals surface area contributed by atoms with Gasteiger partial charge < -0.3 is 15.0 Å². The number of anilines is 3. The molecular weight excluding hydrogens is 673 g/mol. The number of para-hydroxylation sites is 2. The summed E-state index contributed by atoms with van der Waals surface area (Å²) >= 11 is 0. The number of imide groups is 1. The quantitative estimate of drug-likeness (QED) is 0.140. The first-order valence-electron chi connectivity index (χ1n) is 15.7. The van der Waals surface area contributed by atoms with E-state index in [2.05, 4.69) is 10.3 Å². The lowest BCUT2D eigenvalue weighted by Crippen LogP contribution is -2.43. The monoisotopic (exact) mass is 705 g/mol. The second kappa shape index (κ2) is 12.5. The number of benzene rings is 4. The number of fused-ring (bicyclic) bond motifs is 1. The molecule has 1 fully saturated rings. The lowest BCUT2D eigenvalue weighted by atomic mass is 10.0. The number of aromatic nitrogens is 2. The van der Waals surface area contributed by atoms with E-state index < -0.39 is 58.2 Å². The molecule has 0 spiro atoms. The average Bonchev–Trinajstić information content (AvgIpc) is 3.50. The molecule has 51 heavy (non-hydrogen) atoms. The van der Waals surface area contributed by atoms with E-state index in [1.807, 2.05) is 0 Å². The van der Waals surface area contributed by atoms with Crippen LogP contribution in [0.3, 0.4) is 0 Å². The van der Waals surface area contributed by atoms with Gasteiger partial charge in [0.15, 0.2) is 5.82 Å². The van der Waals surface area contributed by atoms with Crippen molar-refractivity contribution in [2.75, 3.05) is 10.2 Å². The fraction of sp³-hybridized carbons (Fsp3) is 0.243. The van der Waals surface area contributed by atoms with Gasteiger partial charge in [-0.2, -0.15) is 13.2 Å². The number of halogens is 5. The van der Waals surface area contributed by atoms with E-state index >= 15 is 0 Å². The normalized spacial score (nSPS) is 14.8. The third-order valence-electron chi connectivity index (χ3n) is 8.30. The molecule has 0 aliphatic carbocycles. The van der Waals surface area contributed by atoms with Crippen LogP contribution in [0, 0.1) is 11.6 Å². The lowest BCUT2D eigenvalue weighted by Gasteiger charge is -2.28. The highest BCUT2D eigenvalue weighted by Gasteiger charge is 2.52. The Bertz CT molecular complexity index is 2190. The summed E-state index contributed by atoms with van der Waals surface area (Å²) in [5.74, 6) is -2.62. The Morgan fingerprint density at radius 2 is 1.59 bits per heavy atom. The number of urea groups is 1. The van der Waals surface area contributed by atoms with Crippen molar-refractivity contribution in [3.05, 3.63) is 108 Å². The maximum atomic E-state index is 14.6. The van der Waals surface area contributed by atoms with Gasteiger partial charge in [0.1, 0.15) is 22.8 Å². The molecule has 0 atom stereocenters. The van der Waals surface area contributed by atoms with Crippen molar-refractivity contribution in [2.24, 2.45) is 0 Å². The molecule has 1 N–H and O–H groups in total. The third-order valence-corrected chi connectivity index (χ3v) is 8.30. The maximum Gasteiger partial charge on any atom is 0.420 e. The number of alkyl halides is 3. The predicted octanol–water partition coefficient (Wildman–Crippen LogP) is 9.27. The summed E-state index contributed by atoms with van der Waals surface area (Å²) in [5, 5.41) is 3.13. The van der Waals surface area contributed by atoms with Crippen LogP contribution in [0.25, 0.3) is 22.4 Å². The molecule has 3 amide bonds. The Morgan fingerprint density at radius 1 is 0.902 bits per heavy atom. The van der Waals surface area contributed by atoms with Gasteiger partial charge in [-0.25, -0.2) is 32.8 Å². The highest BCUT2D eigenvalue weighted by Crippen LogP contribution is 2.39. The molecule has 1 aliphatic heterocycles. The van der Waals surface area contributed by atoms with Crippen LogP contribution in [-0.2, 0) is 22.3 Å². The Kier molecular flexibility index (Phi) is 8.60. The molecule has 0 saturated carbocycles. The van der Waals surface area contributed by atoms with Crippen molar-refractivity contribution >= 4 is 46.1 Å². The van der Waals surface area contributed by atoms with Crippen LogP contribution in [0.2, 0.25) is 0 Å². The molecule has 6 rings (SSSR count). The van der Waals surface area contributed by atoms with E-state index in [0.717, 1.165) is 11.0 Å². The van der Waals surface area contributed by atoms with Gasteiger partial charge in [-0.3, -0.25) is 4.79 Å². The molecule has 0 bridgehead atoms. The minimum absolute atomic E-state index is 0.234. The number of carbonyl (C=O) groups excluding carboxylic acids is 3. The van der Waals surface area contributed by atoms with Gasteiger partial charge in [-0.15, -0.1) is 0 Å². The van der Waals surface area contributed by atoms with Crippen molar-refractivity contribution in [3.63, 3.8) is 0 Å².